The maximum Gasteiger partial charge on any atom is 0.233 e. The van der Waals surface area contributed by atoms with Gasteiger partial charge in [0.05, 0.1) is 51.6 Å². The zero-order valence-electron chi connectivity index (χ0n) is 19.5. The van der Waals surface area contributed by atoms with Crippen LogP contribution in [-0.2, 0) is 17.8 Å². The lowest BCUT2D eigenvalue weighted by Gasteiger charge is -2.21. The number of ether oxygens (including phenoxy) is 4. The highest BCUT2D eigenvalue weighted by Gasteiger charge is 2.24. The Morgan fingerprint density at radius 2 is 1.65 bits per heavy atom. The minimum Gasteiger partial charge on any atom is -0.497 e. The third kappa shape index (κ3) is 4.77. The summed E-state index contributed by atoms with van der Waals surface area (Å²) in [4.78, 5) is 20.1. The summed E-state index contributed by atoms with van der Waals surface area (Å²) in [5.74, 6) is 2.11. The lowest BCUT2D eigenvalue weighted by Crippen LogP contribution is -2.31. The second-order valence-corrected chi connectivity index (χ2v) is 8.47. The normalized spacial score (nSPS) is 10.7. The van der Waals surface area contributed by atoms with Crippen LogP contribution in [0.25, 0.3) is 10.2 Å². The van der Waals surface area contributed by atoms with Gasteiger partial charge in [0.2, 0.25) is 11.7 Å². The van der Waals surface area contributed by atoms with Gasteiger partial charge in [0, 0.05) is 5.56 Å². The number of fused-ring (bicyclic) bond motifs is 1. The highest BCUT2D eigenvalue weighted by atomic mass is 32.1. The van der Waals surface area contributed by atoms with Gasteiger partial charge < -0.3 is 18.9 Å². The van der Waals surface area contributed by atoms with Crippen LogP contribution in [0.5, 0.6) is 23.0 Å². The Balaban J connectivity index is 1.72. The van der Waals surface area contributed by atoms with Gasteiger partial charge in [-0.2, -0.15) is 0 Å². The molecule has 3 aromatic carbocycles. The van der Waals surface area contributed by atoms with Gasteiger partial charge in [-0.25, -0.2) is 4.98 Å². The van der Waals surface area contributed by atoms with Crippen molar-refractivity contribution < 1.29 is 23.7 Å². The van der Waals surface area contributed by atoms with E-state index in [1.165, 1.54) is 11.3 Å². The van der Waals surface area contributed by atoms with E-state index >= 15 is 0 Å². The highest BCUT2D eigenvalue weighted by molar-refractivity contribution is 7.22. The number of carbonyl (C=O) groups is 1. The zero-order valence-corrected chi connectivity index (χ0v) is 20.3. The van der Waals surface area contributed by atoms with Crippen LogP contribution in [0.1, 0.15) is 11.1 Å². The quantitative estimate of drug-likeness (QED) is 0.333. The first-order valence-corrected chi connectivity index (χ1v) is 11.5. The number of amides is 1. The molecule has 0 saturated heterocycles. The van der Waals surface area contributed by atoms with Crippen molar-refractivity contribution in [3.8, 4) is 23.0 Å². The van der Waals surface area contributed by atoms with Crippen molar-refractivity contribution in [2.75, 3.05) is 33.3 Å². The molecule has 0 radical (unpaired) electrons. The summed E-state index contributed by atoms with van der Waals surface area (Å²) in [6.07, 6.45) is 0.107. The van der Waals surface area contributed by atoms with Gasteiger partial charge in [-0.05, 0) is 29.8 Å². The van der Waals surface area contributed by atoms with E-state index in [2.05, 4.69) is 0 Å². The van der Waals surface area contributed by atoms with Crippen LogP contribution in [0.3, 0.4) is 0 Å². The average Bonchev–Trinajstić information content (AvgIpc) is 3.30. The van der Waals surface area contributed by atoms with E-state index in [9.17, 15) is 4.79 Å². The number of aromatic nitrogens is 1. The van der Waals surface area contributed by atoms with E-state index in [-0.39, 0.29) is 12.3 Å². The van der Waals surface area contributed by atoms with Crippen LogP contribution in [0.2, 0.25) is 0 Å². The van der Waals surface area contributed by atoms with Gasteiger partial charge >= 0.3 is 0 Å². The summed E-state index contributed by atoms with van der Waals surface area (Å²) in [6.45, 7) is 0.395. The Kier molecular flexibility index (Phi) is 7.18. The molecule has 1 heterocycles. The topological polar surface area (TPSA) is 70.1 Å². The Morgan fingerprint density at radius 1 is 0.882 bits per heavy atom. The van der Waals surface area contributed by atoms with Crippen LogP contribution >= 0.6 is 11.3 Å². The monoisotopic (exact) mass is 478 g/mol. The van der Waals surface area contributed by atoms with E-state index in [0.29, 0.717) is 34.5 Å². The molecule has 0 aliphatic heterocycles. The molecule has 34 heavy (non-hydrogen) atoms. The first-order valence-electron chi connectivity index (χ1n) is 10.6. The summed E-state index contributed by atoms with van der Waals surface area (Å²) in [6, 6.07) is 19.1. The molecule has 8 heteroatoms. The van der Waals surface area contributed by atoms with E-state index in [4.69, 9.17) is 23.9 Å². The SMILES string of the molecule is COc1ccc2nc(N(Cc3ccccc3)C(=O)Cc3ccc(OC)c(OC)c3OC)sc2c1. The molecule has 4 rings (SSSR count). The summed E-state index contributed by atoms with van der Waals surface area (Å²) in [7, 11) is 6.29. The fourth-order valence-electron chi connectivity index (χ4n) is 3.72. The molecule has 0 fully saturated rings. The van der Waals surface area contributed by atoms with Crippen molar-refractivity contribution in [2.45, 2.75) is 13.0 Å². The van der Waals surface area contributed by atoms with E-state index < -0.39 is 0 Å². The van der Waals surface area contributed by atoms with Gasteiger partial charge in [0.1, 0.15) is 5.75 Å². The van der Waals surface area contributed by atoms with Crippen molar-refractivity contribution in [1.82, 2.24) is 4.98 Å². The van der Waals surface area contributed by atoms with Crippen LogP contribution < -0.4 is 23.8 Å². The van der Waals surface area contributed by atoms with Crippen LogP contribution in [0.15, 0.2) is 60.7 Å². The predicted octanol–water partition coefficient (Wildman–Crippen LogP) is 5.11. The maximum absolute atomic E-state index is 13.7. The van der Waals surface area contributed by atoms with Gasteiger partial charge in [-0.15, -0.1) is 0 Å². The van der Waals surface area contributed by atoms with E-state index in [0.717, 1.165) is 21.5 Å². The standard InChI is InChI=1S/C26H26N2O5S/c1-30-19-11-12-20-22(15-19)34-26(27-20)28(16-17-8-6-5-7-9-17)23(29)14-18-10-13-21(31-2)25(33-4)24(18)32-3/h5-13,15H,14,16H2,1-4H3. The van der Waals surface area contributed by atoms with Crippen LogP contribution in [-0.4, -0.2) is 39.3 Å². The molecule has 1 aromatic heterocycles. The molecule has 0 spiro atoms. The molecule has 176 valence electrons. The molecule has 4 aromatic rings. The van der Waals surface area contributed by atoms with E-state index in [1.54, 1.807) is 39.4 Å². The second kappa shape index (κ2) is 10.4. The Morgan fingerprint density at radius 3 is 2.32 bits per heavy atom. The number of hydrogen-bond acceptors (Lipinski definition) is 7. The number of anilines is 1. The number of methoxy groups -OCH3 is 4. The molecule has 0 bridgehead atoms. The second-order valence-electron chi connectivity index (χ2n) is 7.47. The minimum atomic E-state index is -0.111. The largest absolute Gasteiger partial charge is 0.497 e. The Bertz CT molecular complexity index is 1290. The summed E-state index contributed by atoms with van der Waals surface area (Å²) >= 11 is 1.45. The lowest BCUT2D eigenvalue weighted by molar-refractivity contribution is -0.118. The zero-order chi connectivity index (χ0) is 24.1. The Hall–Kier alpha value is -3.78. The minimum absolute atomic E-state index is 0.107. The van der Waals surface area contributed by atoms with Crippen molar-refractivity contribution in [3.05, 3.63) is 71.8 Å². The molecular formula is C26H26N2O5S. The van der Waals surface area contributed by atoms with Crippen molar-refractivity contribution >= 4 is 32.6 Å². The first kappa shape index (κ1) is 23.4. The Labute approximate surface area is 202 Å². The third-order valence-corrected chi connectivity index (χ3v) is 6.47. The van der Waals surface area contributed by atoms with Gasteiger partial charge in [-0.3, -0.25) is 9.69 Å². The van der Waals surface area contributed by atoms with Gasteiger partial charge in [-0.1, -0.05) is 47.7 Å². The number of thiazole rings is 1. The van der Waals surface area contributed by atoms with E-state index in [1.807, 2.05) is 54.6 Å². The van der Waals surface area contributed by atoms with Crippen LogP contribution in [0.4, 0.5) is 5.13 Å². The molecule has 7 nitrogen and oxygen atoms in total. The summed E-state index contributed by atoms with van der Waals surface area (Å²) in [5.41, 5.74) is 2.52. The number of carbonyl (C=O) groups excluding carboxylic acids is 1. The lowest BCUT2D eigenvalue weighted by atomic mass is 10.1. The molecular weight excluding hydrogens is 452 g/mol. The van der Waals surface area contributed by atoms with Crippen molar-refractivity contribution in [3.63, 3.8) is 0 Å². The fourth-order valence-corrected chi connectivity index (χ4v) is 4.74. The average molecular weight is 479 g/mol. The number of rotatable bonds is 9. The summed E-state index contributed by atoms with van der Waals surface area (Å²) < 4.78 is 22.7. The molecule has 0 saturated carbocycles. The molecule has 0 N–H and O–H groups in total. The van der Waals surface area contributed by atoms with Gasteiger partial charge in [0.25, 0.3) is 0 Å². The number of benzene rings is 3. The predicted molar refractivity (Wildman–Crippen MR) is 134 cm³/mol. The molecule has 0 atom stereocenters. The number of hydrogen-bond donors (Lipinski definition) is 0. The fraction of sp³-hybridized carbons (Fsp3) is 0.231. The van der Waals surface area contributed by atoms with Crippen LogP contribution in [0, 0.1) is 0 Å². The number of nitrogens with zero attached hydrogens (tertiary/aromatic N) is 2. The summed E-state index contributed by atoms with van der Waals surface area (Å²) in [5, 5.41) is 0.622. The van der Waals surface area contributed by atoms with Crippen molar-refractivity contribution in [2.24, 2.45) is 0 Å². The smallest absolute Gasteiger partial charge is 0.233 e. The highest BCUT2D eigenvalue weighted by Crippen LogP contribution is 2.40. The first-order chi connectivity index (χ1) is 16.6. The molecule has 1 amide bonds. The maximum atomic E-state index is 13.7. The van der Waals surface area contributed by atoms with Crippen molar-refractivity contribution in [1.29, 1.82) is 0 Å². The molecule has 0 unspecified atom stereocenters. The molecule has 0 aliphatic carbocycles. The van der Waals surface area contributed by atoms with Gasteiger partial charge in [0.15, 0.2) is 16.6 Å². The molecule has 0 aliphatic rings. The third-order valence-electron chi connectivity index (χ3n) is 5.43.